The van der Waals surface area contributed by atoms with E-state index in [0.717, 1.165) is 0 Å². The van der Waals surface area contributed by atoms with Crippen LogP contribution in [0, 0.1) is 0 Å². The monoisotopic (exact) mass is 480 g/mol. The summed E-state index contributed by atoms with van der Waals surface area (Å²) in [4.78, 5) is 38.4. The van der Waals surface area contributed by atoms with Crippen molar-refractivity contribution in [3.8, 4) is 5.75 Å². The van der Waals surface area contributed by atoms with E-state index >= 15 is 0 Å². The topological polar surface area (TPSA) is 206 Å². The van der Waals surface area contributed by atoms with Gasteiger partial charge in [-0.1, -0.05) is 23.9 Å². The maximum absolute atomic E-state index is 12.7. The molecule has 32 heavy (non-hydrogen) atoms. The molecule has 8 N–H and O–H groups in total. The molecule has 0 radical (unpaired) electrons. The number of hydrogen-bond acceptors (Lipinski definition) is 9. The quantitative estimate of drug-likeness (QED) is 0.247. The molecule has 1 aromatic carbocycles. The predicted molar refractivity (Wildman–Crippen MR) is 115 cm³/mol. The number of aromatic amines is 1. The summed E-state index contributed by atoms with van der Waals surface area (Å²) in [6.45, 7) is 0. The third kappa shape index (κ3) is 4.43. The van der Waals surface area contributed by atoms with E-state index in [0.29, 0.717) is 27.7 Å². The van der Waals surface area contributed by atoms with Crippen LogP contribution in [0.2, 0.25) is 0 Å². The Balaban J connectivity index is 0.00000289. The van der Waals surface area contributed by atoms with Crippen molar-refractivity contribution in [1.82, 2.24) is 25.6 Å². The number of benzene rings is 1. The van der Waals surface area contributed by atoms with Gasteiger partial charge in [-0.15, -0.1) is 16.9 Å². The molecule has 1 aromatic heterocycles. The second-order valence-corrected chi connectivity index (χ2v) is 8.92. The Morgan fingerprint density at radius 1 is 1.38 bits per heavy atom. The Kier molecular flexibility index (Phi) is 7.08. The van der Waals surface area contributed by atoms with E-state index < -0.39 is 35.2 Å². The second-order valence-electron chi connectivity index (χ2n) is 6.82. The number of carboxylic acids is 1. The normalized spacial score (nSPS) is 20.7. The molecule has 2 aromatic rings. The molecule has 2 aliphatic rings. The van der Waals surface area contributed by atoms with Gasteiger partial charge in [-0.05, 0) is 23.3 Å². The van der Waals surface area contributed by atoms with Crippen molar-refractivity contribution in [2.75, 3.05) is 11.5 Å². The Morgan fingerprint density at radius 2 is 2.09 bits per heavy atom. The number of phenols is 1. The van der Waals surface area contributed by atoms with Crippen molar-refractivity contribution in [2.45, 2.75) is 22.5 Å². The number of carboxylic acid groups (broad SMARTS) is 1. The maximum Gasteiger partial charge on any atom is 0.352 e. The molecule has 3 atom stereocenters. The molecule has 0 spiro atoms. The second kappa shape index (κ2) is 9.60. The molecule has 2 aliphatic heterocycles. The molecule has 1 fully saturated rings. The lowest BCUT2D eigenvalue weighted by atomic mass is 10.0. The van der Waals surface area contributed by atoms with Gasteiger partial charge in [0.15, 0.2) is 0 Å². The minimum Gasteiger partial charge on any atom is -0.508 e. The van der Waals surface area contributed by atoms with Gasteiger partial charge in [0.1, 0.15) is 33.9 Å². The lowest BCUT2D eigenvalue weighted by Crippen LogP contribution is -2.71. The molecule has 2 amide bonds. The van der Waals surface area contributed by atoms with Crippen LogP contribution in [0.4, 0.5) is 0 Å². The van der Waals surface area contributed by atoms with E-state index in [1.165, 1.54) is 58.9 Å². The Hall–Kier alpha value is -3.07. The minimum atomic E-state index is -1.19. The number of carbonyl (C=O) groups excluding carboxylic acids is 2. The van der Waals surface area contributed by atoms with Gasteiger partial charge in [-0.3, -0.25) is 14.5 Å². The third-order valence-corrected chi connectivity index (χ3v) is 7.19. The van der Waals surface area contributed by atoms with Gasteiger partial charge in [-0.25, -0.2) is 4.79 Å². The van der Waals surface area contributed by atoms with Gasteiger partial charge in [0, 0.05) is 11.5 Å². The number of aromatic hydroxyl groups is 1. The van der Waals surface area contributed by atoms with E-state index in [1.54, 1.807) is 0 Å². The average molecular weight is 481 g/mol. The van der Waals surface area contributed by atoms with E-state index in [1.807, 2.05) is 0 Å². The van der Waals surface area contributed by atoms with Crippen molar-refractivity contribution in [3.05, 3.63) is 47.3 Å². The number of aromatic nitrogens is 3. The molecular formula is C18H20N6O6S2. The Bertz CT molecular complexity index is 1040. The van der Waals surface area contributed by atoms with Crippen LogP contribution in [0.5, 0.6) is 5.75 Å². The van der Waals surface area contributed by atoms with Crippen molar-refractivity contribution in [2.24, 2.45) is 5.73 Å². The molecular weight excluding hydrogens is 460 g/mol. The number of hydrogen-bond donors (Lipinski definition) is 5. The summed E-state index contributed by atoms with van der Waals surface area (Å²) in [6, 6.07) is 3.98. The minimum absolute atomic E-state index is 0. The lowest BCUT2D eigenvalue weighted by Gasteiger charge is -2.49. The number of thioether (sulfide) groups is 2. The number of nitrogens with two attached hydrogens (primary N) is 1. The predicted octanol–water partition coefficient (Wildman–Crippen LogP) is -0.784. The van der Waals surface area contributed by atoms with Crippen LogP contribution in [-0.4, -0.2) is 76.7 Å². The van der Waals surface area contributed by atoms with Crippen LogP contribution in [-0.2, 0) is 14.4 Å². The number of carbonyl (C=O) groups is 3. The van der Waals surface area contributed by atoms with Gasteiger partial charge in [-0.2, -0.15) is 10.3 Å². The van der Waals surface area contributed by atoms with Crippen LogP contribution in [0.25, 0.3) is 0 Å². The van der Waals surface area contributed by atoms with E-state index in [4.69, 9.17) is 5.73 Å². The van der Waals surface area contributed by atoms with E-state index in [-0.39, 0.29) is 16.9 Å². The number of fused-ring (bicyclic) bond motifs is 1. The maximum atomic E-state index is 12.7. The van der Waals surface area contributed by atoms with Crippen molar-refractivity contribution in [1.29, 1.82) is 0 Å². The summed E-state index contributed by atoms with van der Waals surface area (Å²) < 4.78 is 0. The molecule has 0 aliphatic carbocycles. The first-order valence-corrected chi connectivity index (χ1v) is 11.1. The Morgan fingerprint density at radius 3 is 2.72 bits per heavy atom. The van der Waals surface area contributed by atoms with E-state index in [9.17, 15) is 24.6 Å². The first kappa shape index (κ1) is 23.6. The molecule has 12 nitrogen and oxygen atoms in total. The first-order valence-electron chi connectivity index (χ1n) is 9.10. The largest absolute Gasteiger partial charge is 0.508 e. The number of nitrogens with one attached hydrogen (secondary N) is 2. The van der Waals surface area contributed by atoms with Crippen LogP contribution in [0.1, 0.15) is 11.6 Å². The molecule has 14 heteroatoms. The van der Waals surface area contributed by atoms with Crippen molar-refractivity contribution in [3.63, 3.8) is 0 Å². The number of H-pyrrole nitrogens is 1. The van der Waals surface area contributed by atoms with Crippen LogP contribution in [0.15, 0.2) is 46.8 Å². The van der Waals surface area contributed by atoms with Crippen LogP contribution in [0.3, 0.4) is 0 Å². The summed E-state index contributed by atoms with van der Waals surface area (Å²) >= 11 is 2.70. The number of rotatable bonds is 7. The highest BCUT2D eigenvalue weighted by Gasteiger charge is 2.54. The average Bonchev–Trinajstić information content (AvgIpc) is 3.28. The molecule has 2 unspecified atom stereocenters. The van der Waals surface area contributed by atoms with Crippen molar-refractivity contribution < 1.29 is 30.1 Å². The van der Waals surface area contributed by atoms with Gasteiger partial charge in [0.05, 0.1) is 6.20 Å². The highest BCUT2D eigenvalue weighted by Crippen LogP contribution is 2.41. The van der Waals surface area contributed by atoms with E-state index in [2.05, 4.69) is 20.7 Å². The first-order chi connectivity index (χ1) is 14.9. The summed E-state index contributed by atoms with van der Waals surface area (Å²) in [5.41, 5.74) is 6.99. The number of nitrogens with zero attached hydrogens (tertiary/aromatic N) is 3. The zero-order valence-electron chi connectivity index (χ0n) is 16.4. The van der Waals surface area contributed by atoms with Gasteiger partial charge >= 0.3 is 5.97 Å². The molecule has 0 saturated carbocycles. The zero-order chi connectivity index (χ0) is 22.1. The number of phenolic OH excluding ortho intramolecular Hbond substituents is 1. The van der Waals surface area contributed by atoms with Gasteiger partial charge in [0.25, 0.3) is 5.91 Å². The summed E-state index contributed by atoms with van der Waals surface area (Å²) in [5.74, 6) is -1.45. The SMILES string of the molecule is NC(C(=O)NC1C(=O)N2C(C(=O)O)=C(CSc3cn[nH]n3)CS[C@@H]12)c1ccc(O)cc1.O. The zero-order valence-corrected chi connectivity index (χ0v) is 18.0. The number of amides is 2. The summed E-state index contributed by atoms with van der Waals surface area (Å²) in [7, 11) is 0. The fourth-order valence-electron chi connectivity index (χ4n) is 3.29. The fourth-order valence-corrected chi connectivity index (χ4v) is 5.56. The smallest absolute Gasteiger partial charge is 0.352 e. The van der Waals surface area contributed by atoms with Gasteiger partial charge < -0.3 is 26.7 Å². The fraction of sp³-hybridized carbons (Fsp3) is 0.278. The molecule has 3 heterocycles. The summed E-state index contributed by atoms with van der Waals surface area (Å²) in [5, 5.41) is 31.9. The molecule has 4 rings (SSSR count). The van der Waals surface area contributed by atoms with Crippen molar-refractivity contribution >= 4 is 41.3 Å². The lowest BCUT2D eigenvalue weighted by molar-refractivity contribution is -0.150. The summed E-state index contributed by atoms with van der Waals surface area (Å²) in [6.07, 6.45) is 1.53. The highest BCUT2D eigenvalue weighted by atomic mass is 32.2. The number of aliphatic carboxylic acids is 1. The molecule has 170 valence electrons. The molecule has 1 saturated heterocycles. The highest BCUT2D eigenvalue weighted by molar-refractivity contribution is 8.01. The van der Waals surface area contributed by atoms with Crippen LogP contribution < -0.4 is 11.1 Å². The van der Waals surface area contributed by atoms with Gasteiger partial charge in [0.2, 0.25) is 5.91 Å². The standard InChI is InChI=1S/C18H18N6O5S2.H2O/c19-12(8-1-3-10(25)4-2-8)15(26)21-13-16(27)24-14(18(28)29)9(7-31-17(13)24)6-30-11-5-20-23-22-11;/h1-5,12-13,17,25H,6-7,19H2,(H,21,26)(H,28,29)(H,20,22,23);1H2/t12?,13?,17-;/m0./s1. The third-order valence-electron chi connectivity index (χ3n) is 4.87. The molecule has 0 bridgehead atoms. The van der Waals surface area contributed by atoms with Crippen LogP contribution >= 0.6 is 23.5 Å². The Labute approximate surface area is 189 Å². The number of β-lactam (4-membered cyclic amide) rings is 1.